The van der Waals surface area contributed by atoms with Crippen molar-refractivity contribution >= 4 is 5.91 Å². The van der Waals surface area contributed by atoms with E-state index in [1.165, 1.54) is 0 Å². The van der Waals surface area contributed by atoms with Crippen molar-refractivity contribution < 1.29 is 4.79 Å². The maximum Gasteiger partial charge on any atom is 0.244 e. The Morgan fingerprint density at radius 1 is 1.36 bits per heavy atom. The number of hydrogen-bond donors (Lipinski definition) is 1. The second kappa shape index (κ2) is 10.3. The zero-order valence-electron chi connectivity index (χ0n) is 10.1. The van der Waals surface area contributed by atoms with Gasteiger partial charge >= 0.3 is 0 Å². The average Bonchev–Trinajstić information content (AvgIpc) is 2.14. The summed E-state index contributed by atoms with van der Waals surface area (Å²) >= 11 is 0. The molecule has 84 valence electrons. The highest BCUT2D eigenvalue weighted by Crippen LogP contribution is 1.95. The molecule has 14 heavy (non-hydrogen) atoms. The van der Waals surface area contributed by atoms with Crippen molar-refractivity contribution in [2.75, 3.05) is 20.6 Å². The molecule has 0 aliphatic heterocycles. The van der Waals surface area contributed by atoms with Crippen LogP contribution in [-0.4, -0.2) is 31.4 Å². The first-order valence-corrected chi connectivity index (χ1v) is 5.06. The molecular formula is C11H24N2O. The van der Waals surface area contributed by atoms with Crippen LogP contribution in [0, 0.1) is 0 Å². The summed E-state index contributed by atoms with van der Waals surface area (Å²) in [5, 5.41) is 0. The molecule has 0 spiro atoms. The predicted molar refractivity (Wildman–Crippen MR) is 62.1 cm³/mol. The van der Waals surface area contributed by atoms with Gasteiger partial charge in [0.1, 0.15) is 0 Å². The van der Waals surface area contributed by atoms with Crippen LogP contribution >= 0.6 is 0 Å². The van der Waals surface area contributed by atoms with Gasteiger partial charge in [-0.1, -0.05) is 26.3 Å². The van der Waals surface area contributed by atoms with Crippen molar-refractivity contribution in [2.24, 2.45) is 5.73 Å². The number of primary amides is 1. The van der Waals surface area contributed by atoms with E-state index in [0.29, 0.717) is 5.57 Å². The first kappa shape index (κ1) is 15.6. The van der Waals surface area contributed by atoms with Crippen molar-refractivity contribution in [3.05, 3.63) is 11.6 Å². The molecule has 0 atom stereocenters. The fourth-order valence-corrected chi connectivity index (χ4v) is 0.461. The number of amides is 1. The highest BCUT2D eigenvalue weighted by Gasteiger charge is 1.93. The summed E-state index contributed by atoms with van der Waals surface area (Å²) in [6, 6.07) is 0. The number of hydrogen-bond acceptors (Lipinski definition) is 2. The molecule has 0 bridgehead atoms. The van der Waals surface area contributed by atoms with E-state index in [1.54, 1.807) is 6.92 Å². The van der Waals surface area contributed by atoms with Crippen LogP contribution in [0.15, 0.2) is 11.6 Å². The Balaban J connectivity index is 0. The summed E-state index contributed by atoms with van der Waals surface area (Å²) in [5.74, 6) is -0.316. The number of allylic oxidation sites excluding steroid dienone is 1. The van der Waals surface area contributed by atoms with E-state index in [2.05, 4.69) is 32.8 Å². The molecule has 0 aromatic carbocycles. The molecule has 1 amide bonds. The molecule has 3 heteroatoms. The van der Waals surface area contributed by atoms with Crippen molar-refractivity contribution in [3.8, 4) is 0 Å². The summed E-state index contributed by atoms with van der Waals surface area (Å²) in [7, 11) is 4.11. The molecule has 0 saturated heterocycles. The first-order chi connectivity index (χ1) is 6.45. The largest absolute Gasteiger partial charge is 0.366 e. The minimum Gasteiger partial charge on any atom is -0.366 e. The third-order valence-corrected chi connectivity index (χ3v) is 1.76. The van der Waals surface area contributed by atoms with Gasteiger partial charge in [-0.3, -0.25) is 4.79 Å². The summed E-state index contributed by atoms with van der Waals surface area (Å²) in [4.78, 5) is 12.5. The van der Waals surface area contributed by atoms with Gasteiger partial charge in [-0.15, -0.1) is 0 Å². The molecule has 0 fully saturated rings. The minimum absolute atomic E-state index is 0.316. The van der Waals surface area contributed by atoms with Crippen molar-refractivity contribution in [1.29, 1.82) is 0 Å². The maximum atomic E-state index is 10.4. The maximum absolute atomic E-state index is 10.4. The Bertz CT molecular complexity index is 174. The topological polar surface area (TPSA) is 46.3 Å². The Hall–Kier alpha value is -0.830. The van der Waals surface area contributed by atoms with E-state index < -0.39 is 0 Å². The highest BCUT2D eigenvalue weighted by atomic mass is 16.1. The Kier molecular flexibility index (Phi) is 11.4. The smallest absolute Gasteiger partial charge is 0.244 e. The van der Waals surface area contributed by atoms with Crippen LogP contribution in [0.5, 0.6) is 0 Å². The molecule has 0 saturated carbocycles. The molecule has 0 rings (SSSR count). The van der Waals surface area contributed by atoms with Crippen LogP contribution in [-0.2, 0) is 4.79 Å². The molecular weight excluding hydrogens is 176 g/mol. The van der Waals surface area contributed by atoms with Crippen LogP contribution in [0.3, 0.4) is 0 Å². The number of carbonyl (C=O) groups is 1. The molecule has 0 aromatic heterocycles. The Labute approximate surface area is 88.0 Å². The lowest BCUT2D eigenvalue weighted by atomic mass is 10.2. The summed E-state index contributed by atoms with van der Waals surface area (Å²) < 4.78 is 0. The van der Waals surface area contributed by atoms with Crippen LogP contribution in [0.25, 0.3) is 0 Å². The predicted octanol–water partition coefficient (Wildman–Crippen LogP) is 1.79. The zero-order chi connectivity index (χ0) is 11.6. The molecule has 0 aliphatic rings. The minimum atomic E-state index is -0.316. The normalized spacial score (nSPS) is 10.9. The number of nitrogens with two attached hydrogens (primary N) is 1. The van der Waals surface area contributed by atoms with Crippen LogP contribution in [0.2, 0.25) is 0 Å². The van der Waals surface area contributed by atoms with Gasteiger partial charge in [-0.05, 0) is 34.0 Å². The third kappa shape index (κ3) is 13.7. The van der Waals surface area contributed by atoms with E-state index in [4.69, 9.17) is 5.73 Å². The number of unbranched alkanes of at least 4 members (excludes halogenated alkanes) is 1. The monoisotopic (exact) mass is 200 g/mol. The summed E-state index contributed by atoms with van der Waals surface area (Å²) in [6.45, 7) is 7.06. The van der Waals surface area contributed by atoms with Gasteiger partial charge in [-0.2, -0.15) is 0 Å². The second-order valence-electron chi connectivity index (χ2n) is 3.44. The molecule has 0 aliphatic carbocycles. The first-order valence-electron chi connectivity index (χ1n) is 5.06. The van der Waals surface area contributed by atoms with Gasteiger partial charge in [-0.25, -0.2) is 0 Å². The summed E-state index contributed by atoms with van der Waals surface area (Å²) in [5.41, 5.74) is 5.63. The fraction of sp³-hybridized carbons (Fsp3) is 0.727. The standard InChI is InChI=1S/C7H13NO.C4H11N/c1-3-4-5-6(2)7(8)9;1-4-5(2)3/h5H,3-4H2,1-2H3,(H2,8,9);4H2,1-3H3. The summed E-state index contributed by atoms with van der Waals surface area (Å²) in [6.07, 6.45) is 3.86. The van der Waals surface area contributed by atoms with Crippen molar-refractivity contribution in [3.63, 3.8) is 0 Å². The third-order valence-electron chi connectivity index (χ3n) is 1.76. The fourth-order valence-electron chi connectivity index (χ4n) is 0.461. The van der Waals surface area contributed by atoms with E-state index in [0.717, 1.165) is 19.4 Å². The molecule has 0 heterocycles. The van der Waals surface area contributed by atoms with Gasteiger partial charge in [0.15, 0.2) is 0 Å². The van der Waals surface area contributed by atoms with E-state index in [9.17, 15) is 4.79 Å². The number of nitrogens with zero attached hydrogens (tertiary/aromatic N) is 1. The van der Waals surface area contributed by atoms with Gasteiger partial charge < -0.3 is 10.6 Å². The van der Waals surface area contributed by atoms with E-state index >= 15 is 0 Å². The van der Waals surface area contributed by atoms with Gasteiger partial charge in [0.2, 0.25) is 5.91 Å². The second-order valence-corrected chi connectivity index (χ2v) is 3.44. The van der Waals surface area contributed by atoms with Crippen LogP contribution in [0.4, 0.5) is 0 Å². The SMILES string of the molecule is CCCC=C(C)C(N)=O.CCN(C)C. The molecule has 0 radical (unpaired) electrons. The van der Waals surface area contributed by atoms with E-state index in [-0.39, 0.29) is 5.91 Å². The zero-order valence-corrected chi connectivity index (χ0v) is 10.1. The molecule has 0 aromatic rings. The number of rotatable bonds is 4. The van der Waals surface area contributed by atoms with Gasteiger partial charge in [0, 0.05) is 5.57 Å². The highest BCUT2D eigenvalue weighted by molar-refractivity contribution is 5.91. The quantitative estimate of drug-likeness (QED) is 0.703. The average molecular weight is 200 g/mol. The molecule has 0 unspecified atom stereocenters. The van der Waals surface area contributed by atoms with Crippen LogP contribution in [0.1, 0.15) is 33.6 Å². The lowest BCUT2D eigenvalue weighted by Crippen LogP contribution is -2.11. The molecule has 3 nitrogen and oxygen atoms in total. The lowest BCUT2D eigenvalue weighted by Gasteiger charge is -2.00. The lowest BCUT2D eigenvalue weighted by molar-refractivity contribution is -0.114. The molecule has 2 N–H and O–H groups in total. The van der Waals surface area contributed by atoms with Crippen molar-refractivity contribution in [2.45, 2.75) is 33.6 Å². The van der Waals surface area contributed by atoms with Crippen molar-refractivity contribution in [1.82, 2.24) is 4.90 Å². The van der Waals surface area contributed by atoms with Gasteiger partial charge in [0.05, 0.1) is 0 Å². The Morgan fingerprint density at radius 3 is 2.00 bits per heavy atom. The van der Waals surface area contributed by atoms with Crippen LogP contribution < -0.4 is 5.73 Å². The Morgan fingerprint density at radius 2 is 1.79 bits per heavy atom. The van der Waals surface area contributed by atoms with E-state index in [1.807, 2.05) is 6.08 Å². The number of carbonyl (C=O) groups excluding carboxylic acids is 1. The van der Waals surface area contributed by atoms with Gasteiger partial charge in [0.25, 0.3) is 0 Å².